The molecule has 7 heteroatoms. The Balaban J connectivity index is 1.57. The average molecular weight is 346 g/mol. The van der Waals surface area contributed by atoms with Crippen molar-refractivity contribution in [2.45, 2.75) is 13.0 Å². The lowest BCUT2D eigenvalue weighted by atomic mass is 10.2. The molecule has 1 aliphatic rings. The molecule has 0 bridgehead atoms. The third-order valence-electron chi connectivity index (χ3n) is 3.89. The number of methoxy groups -OCH3 is 1. The summed E-state index contributed by atoms with van der Waals surface area (Å²) in [4.78, 5) is 14.2. The summed E-state index contributed by atoms with van der Waals surface area (Å²) in [5, 5.41) is 7.32. The lowest BCUT2D eigenvalue weighted by Crippen LogP contribution is -2.36. The molecule has 1 fully saturated rings. The van der Waals surface area contributed by atoms with Gasteiger partial charge >= 0.3 is 6.03 Å². The summed E-state index contributed by atoms with van der Waals surface area (Å²) in [6.45, 7) is 2.26. The summed E-state index contributed by atoms with van der Waals surface area (Å²) < 4.78 is 6.97. The van der Waals surface area contributed by atoms with Gasteiger partial charge < -0.3 is 9.64 Å². The maximum absolute atomic E-state index is 12.3. The minimum absolute atomic E-state index is 0.0628. The smallest absolute Gasteiger partial charge is 0.323 e. The first kappa shape index (κ1) is 16.7. The Kier molecular flexibility index (Phi) is 5.63. The standard InChI is InChI=1S/C17H22N4O2S/c1-23-15-5-3-14(4-6-15)13-21-9-7-16(19-21)18-17(22)20-8-2-11-24-12-10-20/h3-7,9H,2,8,10-13H2,1H3,(H,18,19,22). The molecule has 0 saturated carbocycles. The number of nitrogens with one attached hydrogen (secondary N) is 1. The molecule has 1 aromatic carbocycles. The molecule has 0 atom stereocenters. The molecule has 0 radical (unpaired) electrons. The molecule has 1 aromatic heterocycles. The van der Waals surface area contributed by atoms with E-state index in [9.17, 15) is 4.79 Å². The van der Waals surface area contributed by atoms with E-state index in [0.29, 0.717) is 12.4 Å². The van der Waals surface area contributed by atoms with Gasteiger partial charge in [-0.3, -0.25) is 10.00 Å². The van der Waals surface area contributed by atoms with Crippen LogP contribution in [-0.4, -0.2) is 52.4 Å². The summed E-state index contributed by atoms with van der Waals surface area (Å²) in [7, 11) is 1.65. The lowest BCUT2D eigenvalue weighted by Gasteiger charge is -2.19. The fraction of sp³-hybridized carbons (Fsp3) is 0.412. The van der Waals surface area contributed by atoms with Gasteiger partial charge in [-0.1, -0.05) is 12.1 Å². The molecule has 3 rings (SSSR count). The van der Waals surface area contributed by atoms with E-state index in [1.165, 1.54) is 0 Å². The molecule has 0 unspecified atom stereocenters. The zero-order valence-corrected chi connectivity index (χ0v) is 14.6. The fourth-order valence-corrected chi connectivity index (χ4v) is 3.46. The number of nitrogens with zero attached hydrogens (tertiary/aromatic N) is 3. The molecule has 1 saturated heterocycles. The first-order valence-corrected chi connectivity index (χ1v) is 9.20. The number of carbonyl (C=O) groups excluding carboxylic acids is 1. The number of hydrogen-bond donors (Lipinski definition) is 1. The zero-order chi connectivity index (χ0) is 16.8. The Morgan fingerprint density at radius 2 is 2.08 bits per heavy atom. The minimum Gasteiger partial charge on any atom is -0.497 e. The van der Waals surface area contributed by atoms with Crippen molar-refractivity contribution in [3.8, 4) is 5.75 Å². The van der Waals surface area contributed by atoms with Crippen LogP contribution in [0.15, 0.2) is 36.5 Å². The number of rotatable bonds is 4. The Morgan fingerprint density at radius 1 is 1.25 bits per heavy atom. The van der Waals surface area contributed by atoms with E-state index in [-0.39, 0.29) is 6.03 Å². The fourth-order valence-electron chi connectivity index (χ4n) is 2.57. The highest BCUT2D eigenvalue weighted by molar-refractivity contribution is 7.99. The number of aromatic nitrogens is 2. The van der Waals surface area contributed by atoms with Crippen LogP contribution in [0.25, 0.3) is 0 Å². The Bertz CT molecular complexity index is 663. The average Bonchev–Trinajstić information content (AvgIpc) is 2.86. The van der Waals surface area contributed by atoms with Crippen LogP contribution < -0.4 is 10.1 Å². The van der Waals surface area contributed by atoms with Gasteiger partial charge in [-0.25, -0.2) is 4.79 Å². The molecule has 0 spiro atoms. The lowest BCUT2D eigenvalue weighted by molar-refractivity contribution is 0.215. The van der Waals surface area contributed by atoms with Crippen LogP contribution in [0.4, 0.5) is 10.6 Å². The highest BCUT2D eigenvalue weighted by Gasteiger charge is 2.16. The molecule has 1 aliphatic heterocycles. The number of benzene rings is 1. The minimum atomic E-state index is -0.0628. The molecule has 0 aliphatic carbocycles. The largest absolute Gasteiger partial charge is 0.497 e. The third-order valence-corrected chi connectivity index (χ3v) is 4.94. The van der Waals surface area contributed by atoms with Crippen molar-refractivity contribution in [3.63, 3.8) is 0 Å². The van der Waals surface area contributed by atoms with Gasteiger partial charge in [0.15, 0.2) is 5.82 Å². The number of anilines is 1. The van der Waals surface area contributed by atoms with Crippen molar-refractivity contribution in [2.75, 3.05) is 37.0 Å². The van der Waals surface area contributed by atoms with Crippen molar-refractivity contribution in [2.24, 2.45) is 0 Å². The van der Waals surface area contributed by atoms with Gasteiger partial charge in [0.2, 0.25) is 0 Å². The number of urea groups is 1. The predicted octanol–water partition coefficient (Wildman–Crippen LogP) is 2.91. The van der Waals surface area contributed by atoms with Crippen LogP contribution >= 0.6 is 11.8 Å². The molecule has 2 aromatic rings. The van der Waals surface area contributed by atoms with Gasteiger partial charge in [0.1, 0.15) is 5.75 Å². The van der Waals surface area contributed by atoms with Gasteiger partial charge in [0.25, 0.3) is 0 Å². The number of amides is 2. The normalized spacial score (nSPS) is 15.0. The second-order valence-electron chi connectivity index (χ2n) is 5.63. The highest BCUT2D eigenvalue weighted by Crippen LogP contribution is 2.14. The zero-order valence-electron chi connectivity index (χ0n) is 13.8. The highest BCUT2D eigenvalue weighted by atomic mass is 32.2. The Hall–Kier alpha value is -2.15. The summed E-state index contributed by atoms with van der Waals surface area (Å²) >= 11 is 1.90. The molecule has 128 valence electrons. The molecule has 2 heterocycles. The van der Waals surface area contributed by atoms with Crippen molar-refractivity contribution < 1.29 is 9.53 Å². The number of thioether (sulfide) groups is 1. The molecular formula is C17H22N4O2S. The Labute approximate surface area is 146 Å². The number of hydrogen-bond acceptors (Lipinski definition) is 4. The van der Waals surface area contributed by atoms with E-state index in [1.54, 1.807) is 7.11 Å². The monoisotopic (exact) mass is 346 g/mol. The SMILES string of the molecule is COc1ccc(Cn2ccc(NC(=O)N3CCCSCC3)n2)cc1. The summed E-state index contributed by atoms with van der Waals surface area (Å²) in [5.74, 6) is 3.55. The van der Waals surface area contributed by atoms with Crippen molar-refractivity contribution in [1.82, 2.24) is 14.7 Å². The van der Waals surface area contributed by atoms with Gasteiger partial charge in [-0.15, -0.1) is 0 Å². The molecule has 24 heavy (non-hydrogen) atoms. The molecule has 1 N–H and O–H groups in total. The van der Waals surface area contributed by atoms with E-state index < -0.39 is 0 Å². The van der Waals surface area contributed by atoms with Gasteiger partial charge in [0, 0.05) is 31.1 Å². The summed E-state index contributed by atoms with van der Waals surface area (Å²) in [6.07, 6.45) is 2.92. The number of carbonyl (C=O) groups is 1. The predicted molar refractivity (Wildman–Crippen MR) is 96.9 cm³/mol. The summed E-state index contributed by atoms with van der Waals surface area (Å²) in [5.41, 5.74) is 1.13. The van der Waals surface area contributed by atoms with Gasteiger partial charge in [-0.05, 0) is 29.9 Å². The van der Waals surface area contributed by atoms with Crippen LogP contribution in [0.3, 0.4) is 0 Å². The second-order valence-corrected chi connectivity index (χ2v) is 6.85. The van der Waals surface area contributed by atoms with E-state index in [0.717, 1.165) is 42.3 Å². The third kappa shape index (κ3) is 4.44. The van der Waals surface area contributed by atoms with Crippen LogP contribution in [0.5, 0.6) is 5.75 Å². The molecule has 6 nitrogen and oxygen atoms in total. The van der Waals surface area contributed by atoms with E-state index in [2.05, 4.69) is 10.4 Å². The van der Waals surface area contributed by atoms with Gasteiger partial charge in [-0.2, -0.15) is 16.9 Å². The van der Waals surface area contributed by atoms with Gasteiger partial charge in [0.05, 0.1) is 13.7 Å². The van der Waals surface area contributed by atoms with E-state index in [1.807, 2.05) is 57.9 Å². The maximum Gasteiger partial charge on any atom is 0.323 e. The van der Waals surface area contributed by atoms with Crippen LogP contribution in [0.2, 0.25) is 0 Å². The van der Waals surface area contributed by atoms with Crippen molar-refractivity contribution in [1.29, 1.82) is 0 Å². The first-order chi connectivity index (χ1) is 11.7. The quantitative estimate of drug-likeness (QED) is 0.925. The molecule has 2 amide bonds. The van der Waals surface area contributed by atoms with Crippen molar-refractivity contribution in [3.05, 3.63) is 42.1 Å². The van der Waals surface area contributed by atoms with Crippen molar-refractivity contribution >= 4 is 23.6 Å². The first-order valence-electron chi connectivity index (χ1n) is 8.04. The summed E-state index contributed by atoms with van der Waals surface area (Å²) in [6, 6.07) is 9.64. The number of ether oxygens (including phenoxy) is 1. The molecular weight excluding hydrogens is 324 g/mol. The Morgan fingerprint density at radius 3 is 2.88 bits per heavy atom. The van der Waals surface area contributed by atoms with Crippen LogP contribution in [0.1, 0.15) is 12.0 Å². The van der Waals surface area contributed by atoms with Crippen LogP contribution in [0, 0.1) is 0 Å². The second kappa shape index (κ2) is 8.10. The van der Waals surface area contributed by atoms with E-state index in [4.69, 9.17) is 4.74 Å². The maximum atomic E-state index is 12.3. The van der Waals surface area contributed by atoms with Crippen LogP contribution in [-0.2, 0) is 6.54 Å². The topological polar surface area (TPSA) is 59.4 Å². The van der Waals surface area contributed by atoms with E-state index >= 15 is 0 Å².